The van der Waals surface area contributed by atoms with E-state index in [9.17, 15) is 4.79 Å². The standard InChI is InChI=1S/C16H17N3O3/c1-21-13-5-12(6-14(7-13)22-2)19-9-11-8-18-15(17)3-10(11)4-16(19)20/h3,5-8H,4,9H2,1-2H3,(H2,17,18). The van der Waals surface area contributed by atoms with E-state index in [1.54, 1.807) is 37.4 Å². The maximum Gasteiger partial charge on any atom is 0.231 e. The Labute approximate surface area is 128 Å². The zero-order valence-electron chi connectivity index (χ0n) is 12.5. The molecule has 6 nitrogen and oxygen atoms in total. The lowest BCUT2D eigenvalue weighted by Gasteiger charge is -2.29. The zero-order chi connectivity index (χ0) is 15.7. The Morgan fingerprint density at radius 2 is 1.77 bits per heavy atom. The minimum atomic E-state index is 0.00778. The van der Waals surface area contributed by atoms with Crippen LogP contribution in [0.25, 0.3) is 0 Å². The number of anilines is 2. The Kier molecular flexibility index (Phi) is 3.58. The summed E-state index contributed by atoms with van der Waals surface area (Å²) in [7, 11) is 3.16. The number of nitrogen functional groups attached to an aromatic ring is 1. The van der Waals surface area contributed by atoms with Crippen molar-refractivity contribution in [3.05, 3.63) is 41.6 Å². The zero-order valence-corrected chi connectivity index (χ0v) is 12.5. The third-order valence-corrected chi connectivity index (χ3v) is 3.72. The molecule has 2 heterocycles. The van der Waals surface area contributed by atoms with E-state index >= 15 is 0 Å². The van der Waals surface area contributed by atoms with Gasteiger partial charge in [0.25, 0.3) is 0 Å². The number of carbonyl (C=O) groups is 1. The van der Waals surface area contributed by atoms with Gasteiger partial charge in [0.15, 0.2) is 0 Å². The molecule has 0 saturated heterocycles. The summed E-state index contributed by atoms with van der Waals surface area (Å²) in [4.78, 5) is 18.3. The number of carbonyl (C=O) groups excluding carboxylic acids is 1. The van der Waals surface area contributed by atoms with Crippen molar-refractivity contribution in [1.29, 1.82) is 0 Å². The van der Waals surface area contributed by atoms with Gasteiger partial charge in [0.05, 0.1) is 32.9 Å². The summed E-state index contributed by atoms with van der Waals surface area (Å²) in [5.74, 6) is 1.73. The normalized spacial score (nSPS) is 13.7. The van der Waals surface area contributed by atoms with Crippen LogP contribution in [0.1, 0.15) is 11.1 Å². The molecule has 0 aliphatic carbocycles. The number of rotatable bonds is 3. The van der Waals surface area contributed by atoms with Crippen LogP contribution < -0.4 is 20.1 Å². The molecule has 1 aliphatic heterocycles. The van der Waals surface area contributed by atoms with E-state index < -0.39 is 0 Å². The molecule has 6 heteroatoms. The second-order valence-corrected chi connectivity index (χ2v) is 5.11. The van der Waals surface area contributed by atoms with Gasteiger partial charge in [-0.3, -0.25) is 4.79 Å². The van der Waals surface area contributed by atoms with Crippen LogP contribution in [0, 0.1) is 0 Å². The number of nitrogens with zero attached hydrogens (tertiary/aromatic N) is 2. The molecule has 0 saturated carbocycles. The Morgan fingerprint density at radius 3 is 2.41 bits per heavy atom. The molecule has 0 atom stereocenters. The van der Waals surface area contributed by atoms with Gasteiger partial charge in [-0.05, 0) is 17.2 Å². The highest BCUT2D eigenvalue weighted by atomic mass is 16.5. The lowest BCUT2D eigenvalue weighted by Crippen LogP contribution is -2.36. The van der Waals surface area contributed by atoms with Gasteiger partial charge in [-0.1, -0.05) is 0 Å². The molecule has 0 unspecified atom stereocenters. The first-order valence-corrected chi connectivity index (χ1v) is 6.87. The molecule has 0 bridgehead atoms. The monoisotopic (exact) mass is 299 g/mol. The molecule has 0 radical (unpaired) electrons. The van der Waals surface area contributed by atoms with Crippen LogP contribution in [0.2, 0.25) is 0 Å². The number of nitrogens with two attached hydrogens (primary N) is 1. The maximum absolute atomic E-state index is 12.5. The van der Waals surface area contributed by atoms with Gasteiger partial charge in [0.2, 0.25) is 5.91 Å². The van der Waals surface area contributed by atoms with Crippen LogP contribution in [0.5, 0.6) is 11.5 Å². The van der Waals surface area contributed by atoms with Crippen molar-refractivity contribution in [3.63, 3.8) is 0 Å². The van der Waals surface area contributed by atoms with E-state index in [1.807, 2.05) is 12.1 Å². The molecule has 1 aromatic carbocycles. The van der Waals surface area contributed by atoms with Gasteiger partial charge in [-0.15, -0.1) is 0 Å². The summed E-state index contributed by atoms with van der Waals surface area (Å²) in [6, 6.07) is 7.16. The van der Waals surface area contributed by atoms with Gasteiger partial charge in [0, 0.05) is 24.4 Å². The van der Waals surface area contributed by atoms with Crippen molar-refractivity contribution in [2.45, 2.75) is 13.0 Å². The molecule has 3 rings (SSSR count). The van der Waals surface area contributed by atoms with Crippen molar-refractivity contribution >= 4 is 17.4 Å². The first-order valence-electron chi connectivity index (χ1n) is 6.87. The number of benzene rings is 1. The minimum absolute atomic E-state index is 0.00778. The maximum atomic E-state index is 12.5. The van der Waals surface area contributed by atoms with E-state index in [0.29, 0.717) is 30.3 Å². The van der Waals surface area contributed by atoms with Crippen molar-refractivity contribution in [1.82, 2.24) is 4.98 Å². The highest BCUT2D eigenvalue weighted by Crippen LogP contribution is 2.32. The van der Waals surface area contributed by atoms with Gasteiger partial charge in [0.1, 0.15) is 17.3 Å². The Hall–Kier alpha value is -2.76. The lowest BCUT2D eigenvalue weighted by atomic mass is 10.0. The van der Waals surface area contributed by atoms with Crippen LogP contribution in [-0.2, 0) is 17.8 Å². The first-order chi connectivity index (χ1) is 10.6. The molecule has 114 valence electrons. The predicted molar refractivity (Wildman–Crippen MR) is 83.1 cm³/mol. The predicted octanol–water partition coefficient (Wildman–Crippen LogP) is 1.77. The lowest BCUT2D eigenvalue weighted by molar-refractivity contribution is -0.118. The number of methoxy groups -OCH3 is 2. The van der Waals surface area contributed by atoms with E-state index in [2.05, 4.69) is 4.98 Å². The summed E-state index contributed by atoms with van der Waals surface area (Å²) in [5.41, 5.74) is 8.35. The van der Waals surface area contributed by atoms with Gasteiger partial charge in [-0.2, -0.15) is 0 Å². The first kappa shape index (κ1) is 14.2. The fourth-order valence-corrected chi connectivity index (χ4v) is 2.55. The molecule has 0 spiro atoms. The summed E-state index contributed by atoms with van der Waals surface area (Å²) >= 11 is 0. The molecule has 22 heavy (non-hydrogen) atoms. The van der Waals surface area contributed by atoms with Crippen molar-refractivity contribution in [3.8, 4) is 11.5 Å². The van der Waals surface area contributed by atoms with Crippen LogP contribution in [0.3, 0.4) is 0 Å². The quantitative estimate of drug-likeness (QED) is 0.934. The Balaban J connectivity index is 1.99. The average molecular weight is 299 g/mol. The Bertz CT molecular complexity index is 708. The van der Waals surface area contributed by atoms with Crippen molar-refractivity contribution < 1.29 is 14.3 Å². The SMILES string of the molecule is COc1cc(OC)cc(N2Cc3cnc(N)cc3CC2=O)c1. The Morgan fingerprint density at radius 1 is 1.09 bits per heavy atom. The number of hydrogen-bond donors (Lipinski definition) is 1. The second-order valence-electron chi connectivity index (χ2n) is 5.11. The van der Waals surface area contributed by atoms with Crippen LogP contribution in [0.15, 0.2) is 30.5 Å². The van der Waals surface area contributed by atoms with E-state index in [1.165, 1.54) is 0 Å². The van der Waals surface area contributed by atoms with E-state index in [-0.39, 0.29) is 5.91 Å². The molecule has 1 aromatic heterocycles. The summed E-state index contributed by atoms with van der Waals surface area (Å²) in [6.45, 7) is 0.456. The van der Waals surface area contributed by atoms with E-state index in [0.717, 1.165) is 16.8 Å². The molecule has 1 amide bonds. The number of aromatic nitrogens is 1. The number of fused-ring (bicyclic) bond motifs is 1. The molecule has 0 fully saturated rings. The van der Waals surface area contributed by atoms with Crippen LogP contribution in [0.4, 0.5) is 11.5 Å². The number of hydrogen-bond acceptors (Lipinski definition) is 5. The average Bonchev–Trinajstić information content (AvgIpc) is 2.53. The summed E-state index contributed by atoms with van der Waals surface area (Å²) in [5, 5.41) is 0. The molecular weight excluding hydrogens is 282 g/mol. The fraction of sp³-hybridized carbons (Fsp3) is 0.250. The van der Waals surface area contributed by atoms with Crippen molar-refractivity contribution in [2.75, 3.05) is 24.9 Å². The minimum Gasteiger partial charge on any atom is -0.497 e. The van der Waals surface area contributed by atoms with Gasteiger partial charge < -0.3 is 20.1 Å². The third kappa shape index (κ3) is 2.55. The second kappa shape index (κ2) is 5.55. The topological polar surface area (TPSA) is 77.7 Å². The van der Waals surface area contributed by atoms with Gasteiger partial charge >= 0.3 is 0 Å². The number of ether oxygens (including phenoxy) is 2. The highest BCUT2D eigenvalue weighted by Gasteiger charge is 2.25. The smallest absolute Gasteiger partial charge is 0.231 e. The summed E-state index contributed by atoms with van der Waals surface area (Å²) < 4.78 is 10.5. The third-order valence-electron chi connectivity index (χ3n) is 3.72. The largest absolute Gasteiger partial charge is 0.497 e. The number of pyridine rings is 1. The molecule has 2 aromatic rings. The number of amides is 1. The van der Waals surface area contributed by atoms with Gasteiger partial charge in [-0.25, -0.2) is 4.98 Å². The fourth-order valence-electron chi connectivity index (χ4n) is 2.55. The van der Waals surface area contributed by atoms with E-state index in [4.69, 9.17) is 15.2 Å². The molecular formula is C16H17N3O3. The van der Waals surface area contributed by atoms with Crippen LogP contribution in [-0.4, -0.2) is 25.1 Å². The molecule has 1 aliphatic rings. The molecule has 2 N–H and O–H groups in total. The van der Waals surface area contributed by atoms with Crippen LogP contribution >= 0.6 is 0 Å². The van der Waals surface area contributed by atoms with Crippen molar-refractivity contribution in [2.24, 2.45) is 0 Å². The summed E-state index contributed by atoms with van der Waals surface area (Å²) in [6.07, 6.45) is 2.03. The highest BCUT2D eigenvalue weighted by molar-refractivity contribution is 5.96.